The maximum absolute atomic E-state index is 12.8. The molecular formula is C24H38N4O3S. The van der Waals surface area contributed by atoms with E-state index in [1.165, 1.54) is 13.1 Å². The molecule has 0 radical (unpaired) electrons. The number of fused-ring (bicyclic) bond motifs is 1. The molecule has 3 heterocycles. The first-order valence-electron chi connectivity index (χ1n) is 12.5. The van der Waals surface area contributed by atoms with E-state index in [-0.39, 0.29) is 15.9 Å². The van der Waals surface area contributed by atoms with Gasteiger partial charge in [0.1, 0.15) is 5.82 Å². The van der Waals surface area contributed by atoms with E-state index in [0.29, 0.717) is 17.9 Å². The molecule has 8 heteroatoms. The lowest BCUT2D eigenvalue weighted by Gasteiger charge is -2.40. The molecule has 4 aliphatic rings. The number of nitrogens with zero attached hydrogens (tertiary/aromatic N) is 3. The van der Waals surface area contributed by atoms with Crippen molar-refractivity contribution in [2.75, 3.05) is 25.0 Å². The lowest BCUT2D eigenvalue weighted by atomic mass is 9.93. The summed E-state index contributed by atoms with van der Waals surface area (Å²) in [6.07, 6.45) is 9.18. The Morgan fingerprint density at radius 1 is 1.03 bits per heavy atom. The van der Waals surface area contributed by atoms with Gasteiger partial charge in [-0.3, -0.25) is 4.90 Å². The molecule has 32 heavy (non-hydrogen) atoms. The van der Waals surface area contributed by atoms with E-state index in [1.54, 1.807) is 12.1 Å². The third-order valence-corrected chi connectivity index (χ3v) is 10.4. The number of sulfone groups is 1. The van der Waals surface area contributed by atoms with Gasteiger partial charge in [0.05, 0.1) is 10.9 Å². The molecule has 2 aliphatic heterocycles. The zero-order valence-corrected chi connectivity index (χ0v) is 20.3. The Hall–Kier alpha value is -1.25. The zero-order valence-electron chi connectivity index (χ0n) is 19.5. The molecule has 2 saturated heterocycles. The van der Waals surface area contributed by atoms with Crippen LogP contribution in [0.4, 0.5) is 5.82 Å². The molecule has 1 unspecified atom stereocenters. The van der Waals surface area contributed by atoms with Crippen molar-refractivity contribution in [1.82, 2.24) is 15.1 Å². The van der Waals surface area contributed by atoms with Gasteiger partial charge in [-0.1, -0.05) is 19.3 Å². The fourth-order valence-electron chi connectivity index (χ4n) is 6.57. The number of ether oxygens (including phenoxy) is 1. The van der Waals surface area contributed by atoms with Crippen LogP contribution in [0.2, 0.25) is 0 Å². The molecule has 2 aliphatic carbocycles. The zero-order chi connectivity index (χ0) is 22.3. The summed E-state index contributed by atoms with van der Waals surface area (Å²) in [4.78, 5) is 2.71. The van der Waals surface area contributed by atoms with Gasteiger partial charge >= 0.3 is 0 Å². The Morgan fingerprint density at radius 2 is 1.75 bits per heavy atom. The van der Waals surface area contributed by atoms with Crippen LogP contribution in [0.1, 0.15) is 71.6 Å². The number of likely N-dealkylation sites (tertiary alicyclic amines) is 1. The van der Waals surface area contributed by atoms with Crippen molar-refractivity contribution in [3.8, 4) is 0 Å². The van der Waals surface area contributed by atoms with E-state index in [9.17, 15) is 8.42 Å². The van der Waals surface area contributed by atoms with E-state index in [1.807, 2.05) is 0 Å². The SMILES string of the molecule is CC1(C)CC(N2C[C@H]3C[C@H](Nc4ccc(S(=O)(=O)C5CCCCC5)nn4)C[C@H]3C2)CCO1. The van der Waals surface area contributed by atoms with Crippen LogP contribution in [-0.4, -0.2) is 66.1 Å². The molecule has 0 spiro atoms. The van der Waals surface area contributed by atoms with Gasteiger partial charge in [-0.05, 0) is 76.3 Å². The minimum Gasteiger partial charge on any atom is -0.375 e. The molecule has 7 nitrogen and oxygen atoms in total. The number of rotatable bonds is 5. The monoisotopic (exact) mass is 462 g/mol. The Bertz CT molecular complexity index is 884. The molecule has 1 aromatic heterocycles. The second-order valence-electron chi connectivity index (χ2n) is 11.1. The van der Waals surface area contributed by atoms with E-state index < -0.39 is 9.84 Å². The topological polar surface area (TPSA) is 84.4 Å². The van der Waals surface area contributed by atoms with Crippen molar-refractivity contribution >= 4 is 15.7 Å². The molecule has 1 N–H and O–H groups in total. The summed E-state index contributed by atoms with van der Waals surface area (Å²) in [5, 5.41) is 11.7. The van der Waals surface area contributed by atoms with Crippen LogP contribution >= 0.6 is 0 Å². The predicted octanol–water partition coefficient (Wildman–Crippen LogP) is 3.66. The third-order valence-electron chi connectivity index (χ3n) is 8.24. The second kappa shape index (κ2) is 8.84. The van der Waals surface area contributed by atoms with Crippen LogP contribution in [0.25, 0.3) is 0 Å². The van der Waals surface area contributed by atoms with Crippen LogP contribution in [0.15, 0.2) is 17.2 Å². The van der Waals surface area contributed by atoms with Crippen molar-refractivity contribution in [1.29, 1.82) is 0 Å². The van der Waals surface area contributed by atoms with Gasteiger partial charge in [-0.2, -0.15) is 0 Å². The van der Waals surface area contributed by atoms with Gasteiger partial charge < -0.3 is 10.1 Å². The van der Waals surface area contributed by atoms with Crippen LogP contribution in [0, 0.1) is 11.8 Å². The van der Waals surface area contributed by atoms with E-state index in [0.717, 1.165) is 76.2 Å². The average Bonchev–Trinajstić information content (AvgIpc) is 3.33. The summed E-state index contributed by atoms with van der Waals surface area (Å²) >= 11 is 0. The molecule has 4 atom stereocenters. The number of nitrogens with one attached hydrogen (secondary N) is 1. The van der Waals surface area contributed by atoms with Gasteiger partial charge in [0.2, 0.25) is 0 Å². The van der Waals surface area contributed by atoms with Gasteiger partial charge in [-0.25, -0.2) is 8.42 Å². The van der Waals surface area contributed by atoms with Gasteiger partial charge in [0.15, 0.2) is 14.9 Å². The van der Waals surface area contributed by atoms with Crippen molar-refractivity contribution in [3.63, 3.8) is 0 Å². The van der Waals surface area contributed by atoms with Gasteiger partial charge in [0.25, 0.3) is 0 Å². The lowest BCUT2D eigenvalue weighted by Crippen LogP contribution is -2.45. The van der Waals surface area contributed by atoms with Crippen molar-refractivity contribution in [2.24, 2.45) is 11.8 Å². The van der Waals surface area contributed by atoms with Crippen molar-refractivity contribution < 1.29 is 13.2 Å². The second-order valence-corrected chi connectivity index (χ2v) is 13.3. The Balaban J connectivity index is 1.14. The first-order chi connectivity index (χ1) is 15.3. The molecule has 178 valence electrons. The largest absolute Gasteiger partial charge is 0.375 e. The minimum absolute atomic E-state index is 0.00000502. The highest BCUT2D eigenvalue weighted by molar-refractivity contribution is 7.92. The molecular weight excluding hydrogens is 424 g/mol. The Labute approximate surface area is 192 Å². The summed E-state index contributed by atoms with van der Waals surface area (Å²) in [5.41, 5.74) is 0.00000502. The first kappa shape index (κ1) is 22.5. The predicted molar refractivity (Wildman–Crippen MR) is 124 cm³/mol. The fraction of sp³-hybridized carbons (Fsp3) is 0.833. The van der Waals surface area contributed by atoms with Crippen LogP contribution in [0.3, 0.4) is 0 Å². The standard InChI is InChI=1S/C24H38N4O3S/c1-24(2)14-20(10-11-31-24)28-15-17-12-19(13-18(17)16-28)25-22-8-9-23(27-26-22)32(29,30)21-6-4-3-5-7-21/h8-9,17-21H,3-7,10-16H2,1-2H3,(H,25,26)/t17-,18+,19+,20?. The number of aromatic nitrogens is 2. The number of hydrogen-bond donors (Lipinski definition) is 1. The maximum atomic E-state index is 12.8. The van der Waals surface area contributed by atoms with E-state index >= 15 is 0 Å². The first-order valence-corrected chi connectivity index (χ1v) is 14.1. The highest BCUT2D eigenvalue weighted by Crippen LogP contribution is 2.41. The Kier molecular flexibility index (Phi) is 6.22. The third kappa shape index (κ3) is 4.68. The number of anilines is 1. The summed E-state index contributed by atoms with van der Waals surface area (Å²) in [6.45, 7) is 7.67. The summed E-state index contributed by atoms with van der Waals surface area (Å²) in [7, 11) is -3.36. The van der Waals surface area contributed by atoms with Crippen molar-refractivity contribution in [3.05, 3.63) is 12.1 Å². The average molecular weight is 463 g/mol. The molecule has 1 aromatic rings. The normalized spacial score (nSPS) is 33.8. The quantitative estimate of drug-likeness (QED) is 0.715. The molecule has 0 amide bonds. The fourth-order valence-corrected chi connectivity index (χ4v) is 8.28. The highest BCUT2D eigenvalue weighted by atomic mass is 32.2. The molecule has 0 bridgehead atoms. The van der Waals surface area contributed by atoms with Crippen LogP contribution in [-0.2, 0) is 14.6 Å². The van der Waals surface area contributed by atoms with Gasteiger partial charge in [0, 0.05) is 31.8 Å². The lowest BCUT2D eigenvalue weighted by molar-refractivity contribution is -0.0811. The van der Waals surface area contributed by atoms with Crippen LogP contribution < -0.4 is 5.32 Å². The summed E-state index contributed by atoms with van der Waals surface area (Å²) < 4.78 is 31.6. The molecule has 0 aromatic carbocycles. The van der Waals surface area contributed by atoms with Gasteiger partial charge in [-0.15, -0.1) is 10.2 Å². The summed E-state index contributed by atoms with van der Waals surface area (Å²) in [5.74, 6) is 2.16. The maximum Gasteiger partial charge on any atom is 0.200 e. The van der Waals surface area contributed by atoms with Crippen LogP contribution in [0.5, 0.6) is 0 Å². The van der Waals surface area contributed by atoms with E-state index in [2.05, 4.69) is 34.3 Å². The Morgan fingerprint density at radius 3 is 2.38 bits per heavy atom. The minimum atomic E-state index is -3.36. The van der Waals surface area contributed by atoms with E-state index in [4.69, 9.17) is 4.74 Å². The summed E-state index contributed by atoms with van der Waals surface area (Å²) in [6, 6.07) is 4.49. The highest BCUT2D eigenvalue weighted by Gasteiger charge is 2.44. The smallest absolute Gasteiger partial charge is 0.200 e. The molecule has 2 saturated carbocycles. The van der Waals surface area contributed by atoms with Crippen molar-refractivity contribution in [2.45, 2.75) is 99.6 Å². The number of hydrogen-bond acceptors (Lipinski definition) is 7. The molecule has 5 rings (SSSR count). The molecule has 4 fully saturated rings.